The van der Waals surface area contributed by atoms with E-state index in [0.29, 0.717) is 48.5 Å². The predicted molar refractivity (Wildman–Crippen MR) is 230 cm³/mol. The first-order valence-electron chi connectivity index (χ1n) is 21.2. The average molecular weight is 883 g/mol. The number of carbonyl (C=O) groups is 5. The lowest BCUT2D eigenvalue weighted by Gasteiger charge is -2.68. The summed E-state index contributed by atoms with van der Waals surface area (Å²) in [5.74, 6) is -1.31. The second kappa shape index (κ2) is 20.9. The fourth-order valence-corrected chi connectivity index (χ4v) is 8.57. The Labute approximate surface area is 370 Å². The van der Waals surface area contributed by atoms with Crippen molar-refractivity contribution in [1.82, 2.24) is 10.2 Å². The SMILES string of the molecule is CC[C@@H](O)C(=O)[C@@]1(C)CC2CO[C@@H]2C[C@@H]1O.COC(C)=O.CO[C@H]1[C@H](OC(=O)C[C@@H](NC(=O)OC(C)(C)C)c2ccccc2)C(C)=CC2(C)N(C)[C@H](OC(=O)c3ccccc3)[C@]12O. The summed E-state index contributed by atoms with van der Waals surface area (Å²) in [7, 11) is 4.50. The summed E-state index contributed by atoms with van der Waals surface area (Å²) < 4.78 is 32.3. The Morgan fingerprint density at radius 2 is 1.57 bits per heavy atom. The van der Waals surface area contributed by atoms with E-state index in [1.807, 2.05) is 13.0 Å². The Bertz CT molecular complexity index is 1940. The molecule has 1 amide bonds. The van der Waals surface area contributed by atoms with E-state index in [2.05, 4.69) is 10.1 Å². The van der Waals surface area contributed by atoms with Crippen molar-refractivity contribution < 1.29 is 67.7 Å². The van der Waals surface area contributed by atoms with Crippen molar-refractivity contribution in [3.8, 4) is 0 Å². The minimum atomic E-state index is -1.74. The van der Waals surface area contributed by atoms with Gasteiger partial charge in [-0.3, -0.25) is 19.3 Å². The third kappa shape index (κ3) is 11.3. The number of aliphatic hydroxyl groups is 3. The Morgan fingerprint density at radius 1 is 0.984 bits per heavy atom. The number of likely N-dealkylation sites (N-methyl/N-ethyl adjacent to an activating group) is 1. The lowest BCUT2D eigenvalue weighted by molar-refractivity contribution is -0.342. The zero-order valence-electron chi connectivity index (χ0n) is 38.3. The number of likely N-dealkylation sites (tertiary alicyclic amines) is 1. The van der Waals surface area contributed by atoms with Crippen LogP contribution in [-0.2, 0) is 42.8 Å². The number of esters is 3. The standard InChI is InChI=1S/C32H40N2O8.C12H20O4.C3H6O2/c1-20-19-31(5)32(38,28(34(31)6)41-27(36)22-16-12-9-13-17-22)26(39-7)25(20)40-24(35)18-23(21-14-10-8-11-15-21)33-29(37)42-30(2,3)4;1-3-8(13)11(15)12(2)5-7-6-16-9(7)4-10(12)14;1-3(4)5-2/h8-17,19,23,25-26,28,38H,18H2,1-7H3,(H,33,37);7-10,13-14H,3-6H2,1-2H3;1-2H3/t23-,25-,26+,28-,31?,32-;7?,8-,9-,10+,12+;/m11./s1. The number of hydrogen-bond acceptors (Lipinski definition) is 15. The van der Waals surface area contributed by atoms with Gasteiger partial charge in [0.15, 0.2) is 23.7 Å². The zero-order valence-corrected chi connectivity index (χ0v) is 38.3. The van der Waals surface area contributed by atoms with Gasteiger partial charge in [-0.05, 0) is 77.8 Å². The number of ketones is 1. The van der Waals surface area contributed by atoms with Crippen molar-refractivity contribution >= 4 is 29.8 Å². The summed E-state index contributed by atoms with van der Waals surface area (Å²) in [6.45, 7) is 14.4. The fraction of sp³-hybridized carbons (Fsp3) is 0.596. The van der Waals surface area contributed by atoms with Crippen LogP contribution in [0.2, 0.25) is 0 Å². The number of hydrogen-bond donors (Lipinski definition) is 4. The number of ether oxygens (including phenoxy) is 6. The molecule has 2 unspecified atom stereocenters. The molecule has 0 aromatic heterocycles. The van der Waals surface area contributed by atoms with Gasteiger partial charge in [0.25, 0.3) is 0 Å². The van der Waals surface area contributed by atoms with E-state index < -0.39 is 76.9 Å². The maximum atomic E-state index is 13.4. The van der Waals surface area contributed by atoms with Gasteiger partial charge in [-0.2, -0.15) is 0 Å². The molecule has 6 rings (SSSR count). The first kappa shape index (κ1) is 50.9. The van der Waals surface area contributed by atoms with Crippen LogP contribution in [0, 0.1) is 11.3 Å². The molecule has 2 saturated heterocycles. The molecule has 2 aromatic carbocycles. The summed E-state index contributed by atoms with van der Waals surface area (Å²) >= 11 is 0. The van der Waals surface area contributed by atoms with Gasteiger partial charge in [-0.1, -0.05) is 68.5 Å². The van der Waals surface area contributed by atoms with Gasteiger partial charge in [-0.25, -0.2) is 9.59 Å². The molecule has 4 aliphatic rings. The van der Waals surface area contributed by atoms with Crippen LogP contribution in [0.5, 0.6) is 0 Å². The van der Waals surface area contributed by atoms with Crippen molar-refractivity contribution in [2.75, 3.05) is 27.9 Å². The Balaban J connectivity index is 0.000000340. The van der Waals surface area contributed by atoms with E-state index in [-0.39, 0.29) is 24.3 Å². The molecule has 16 heteroatoms. The molecule has 11 atom stereocenters. The van der Waals surface area contributed by atoms with E-state index in [4.69, 9.17) is 23.7 Å². The van der Waals surface area contributed by atoms with Crippen molar-refractivity contribution in [1.29, 1.82) is 0 Å². The summed E-state index contributed by atoms with van der Waals surface area (Å²) in [6, 6.07) is 16.8. The lowest BCUT2D eigenvalue weighted by Crippen LogP contribution is -2.88. The summed E-state index contributed by atoms with van der Waals surface area (Å²) in [6.07, 6.45) is -2.14. The Morgan fingerprint density at radius 3 is 2.08 bits per heavy atom. The summed E-state index contributed by atoms with van der Waals surface area (Å²) in [4.78, 5) is 62.3. The zero-order chi connectivity index (χ0) is 47.1. The molecule has 2 aromatic rings. The molecule has 2 heterocycles. The van der Waals surface area contributed by atoms with Crippen LogP contribution in [0.3, 0.4) is 0 Å². The van der Waals surface area contributed by atoms with Gasteiger partial charge in [0.2, 0.25) is 0 Å². The van der Waals surface area contributed by atoms with E-state index in [9.17, 15) is 39.3 Å². The average Bonchev–Trinajstić information content (AvgIpc) is 3.24. The van der Waals surface area contributed by atoms with Crippen LogP contribution in [-0.4, -0.2) is 131 Å². The number of amides is 1. The van der Waals surface area contributed by atoms with E-state index in [1.54, 1.807) is 114 Å². The number of Topliss-reactive ketones (excluding diaryl/α,β-unsaturated/α-hetero) is 1. The topological polar surface area (TPSA) is 217 Å². The normalized spacial score (nSPS) is 30.4. The van der Waals surface area contributed by atoms with Crippen molar-refractivity contribution in [2.45, 2.75) is 141 Å². The number of carbonyl (C=O) groups excluding carboxylic acids is 5. The van der Waals surface area contributed by atoms with Crippen molar-refractivity contribution in [2.24, 2.45) is 11.3 Å². The molecular weight excluding hydrogens is 817 g/mol. The summed E-state index contributed by atoms with van der Waals surface area (Å²) in [5.41, 5.74) is -2.52. The fourth-order valence-electron chi connectivity index (χ4n) is 8.57. The quantitative estimate of drug-likeness (QED) is 0.135. The molecular formula is C47H66N2O14. The minimum Gasteiger partial charge on any atom is -0.469 e. The van der Waals surface area contributed by atoms with Crippen LogP contribution in [0.4, 0.5) is 4.79 Å². The van der Waals surface area contributed by atoms with Gasteiger partial charge in [0.05, 0.1) is 54.9 Å². The Hall–Kier alpha value is -4.71. The third-order valence-corrected chi connectivity index (χ3v) is 12.4. The minimum absolute atomic E-state index is 0.120. The number of nitrogens with zero attached hydrogens (tertiary/aromatic N) is 1. The molecule has 0 spiro atoms. The van der Waals surface area contributed by atoms with Gasteiger partial charge >= 0.3 is 24.0 Å². The number of aliphatic hydroxyl groups excluding tert-OH is 2. The molecule has 16 nitrogen and oxygen atoms in total. The van der Waals surface area contributed by atoms with Gasteiger partial charge in [0, 0.05) is 26.4 Å². The molecule has 4 N–H and O–H groups in total. The number of rotatable bonds is 11. The van der Waals surface area contributed by atoms with Gasteiger partial charge in [0.1, 0.15) is 17.8 Å². The van der Waals surface area contributed by atoms with Crippen LogP contribution >= 0.6 is 0 Å². The molecule has 0 radical (unpaired) electrons. The second-order valence-corrected chi connectivity index (χ2v) is 18.0. The Kier molecular flexibility index (Phi) is 16.9. The van der Waals surface area contributed by atoms with Crippen LogP contribution < -0.4 is 5.32 Å². The number of methoxy groups -OCH3 is 2. The molecule has 348 valence electrons. The van der Waals surface area contributed by atoms with E-state index >= 15 is 0 Å². The van der Waals surface area contributed by atoms with Crippen LogP contribution in [0.1, 0.15) is 103 Å². The highest BCUT2D eigenvalue weighted by molar-refractivity contribution is 5.90. The maximum Gasteiger partial charge on any atom is 0.408 e. The summed E-state index contributed by atoms with van der Waals surface area (Å²) in [5, 5.41) is 34.6. The molecule has 2 aliphatic heterocycles. The van der Waals surface area contributed by atoms with Crippen LogP contribution in [0.25, 0.3) is 0 Å². The molecule has 0 bridgehead atoms. The van der Waals surface area contributed by atoms with Gasteiger partial charge < -0.3 is 49.1 Å². The number of benzene rings is 2. The first-order valence-corrected chi connectivity index (χ1v) is 21.2. The highest BCUT2D eigenvalue weighted by atomic mass is 16.6. The molecule has 2 aliphatic carbocycles. The monoisotopic (exact) mass is 882 g/mol. The van der Waals surface area contributed by atoms with Crippen molar-refractivity contribution in [3.05, 3.63) is 83.4 Å². The molecule has 1 saturated carbocycles. The first-order chi connectivity index (χ1) is 29.5. The number of alkyl carbamates (subject to hydrolysis) is 1. The largest absolute Gasteiger partial charge is 0.469 e. The number of fused-ring (bicyclic) bond motifs is 2. The highest BCUT2D eigenvalue weighted by Gasteiger charge is 2.75. The second-order valence-electron chi connectivity index (χ2n) is 18.0. The lowest BCUT2D eigenvalue weighted by atomic mass is 9.60. The number of nitrogens with one attached hydrogen (secondary N) is 1. The van der Waals surface area contributed by atoms with Crippen molar-refractivity contribution in [3.63, 3.8) is 0 Å². The van der Waals surface area contributed by atoms with E-state index in [0.717, 1.165) is 0 Å². The molecule has 63 heavy (non-hydrogen) atoms. The van der Waals surface area contributed by atoms with Crippen LogP contribution in [0.15, 0.2) is 72.3 Å². The van der Waals surface area contributed by atoms with E-state index in [1.165, 1.54) is 21.1 Å². The highest BCUT2D eigenvalue weighted by Crippen LogP contribution is 2.54. The predicted octanol–water partition coefficient (Wildman–Crippen LogP) is 4.83. The molecule has 3 fully saturated rings. The van der Waals surface area contributed by atoms with Gasteiger partial charge in [-0.15, -0.1) is 0 Å². The maximum absolute atomic E-state index is 13.4. The third-order valence-electron chi connectivity index (χ3n) is 12.4. The smallest absolute Gasteiger partial charge is 0.408 e.